The number of nitrogens with zero attached hydrogens (tertiary/aromatic N) is 1. The highest BCUT2D eigenvalue weighted by atomic mass is 16.2. The van der Waals surface area contributed by atoms with Crippen LogP contribution in [0, 0.1) is 5.92 Å². The van der Waals surface area contributed by atoms with Gasteiger partial charge in [0, 0.05) is 13.1 Å². The van der Waals surface area contributed by atoms with Crippen LogP contribution in [-0.4, -0.2) is 44.5 Å². The Morgan fingerprint density at radius 2 is 2.15 bits per heavy atom. The Labute approximate surface area is 121 Å². The van der Waals surface area contributed by atoms with Crippen molar-refractivity contribution in [1.82, 2.24) is 15.5 Å². The van der Waals surface area contributed by atoms with Gasteiger partial charge in [0.2, 0.25) is 5.91 Å². The van der Waals surface area contributed by atoms with Gasteiger partial charge >= 0.3 is 0 Å². The van der Waals surface area contributed by atoms with Crippen LogP contribution in [-0.2, 0) is 4.79 Å². The summed E-state index contributed by atoms with van der Waals surface area (Å²) in [7, 11) is 4.06. The smallest absolute Gasteiger partial charge is 0.224 e. The van der Waals surface area contributed by atoms with Gasteiger partial charge in [0.15, 0.2) is 0 Å². The maximum Gasteiger partial charge on any atom is 0.224 e. The molecule has 4 heteroatoms. The zero-order valence-electron chi connectivity index (χ0n) is 12.4. The van der Waals surface area contributed by atoms with Gasteiger partial charge in [-0.2, -0.15) is 0 Å². The first-order valence-electron chi connectivity index (χ1n) is 7.37. The van der Waals surface area contributed by atoms with Crippen LogP contribution in [0.25, 0.3) is 0 Å². The fraction of sp³-hybridized carbons (Fsp3) is 0.562. The van der Waals surface area contributed by atoms with Gasteiger partial charge in [-0.1, -0.05) is 30.3 Å². The van der Waals surface area contributed by atoms with Crippen LogP contribution in [0.4, 0.5) is 0 Å². The van der Waals surface area contributed by atoms with Crippen LogP contribution in [0.3, 0.4) is 0 Å². The number of benzene rings is 1. The molecule has 1 amide bonds. The predicted molar refractivity (Wildman–Crippen MR) is 81.5 cm³/mol. The van der Waals surface area contributed by atoms with E-state index in [1.54, 1.807) is 0 Å². The van der Waals surface area contributed by atoms with Crippen LogP contribution in [0.2, 0.25) is 0 Å². The van der Waals surface area contributed by atoms with Gasteiger partial charge in [-0.15, -0.1) is 0 Å². The van der Waals surface area contributed by atoms with Crippen molar-refractivity contribution in [3.05, 3.63) is 35.9 Å². The van der Waals surface area contributed by atoms with Gasteiger partial charge in [-0.3, -0.25) is 4.79 Å². The summed E-state index contributed by atoms with van der Waals surface area (Å²) >= 11 is 0. The maximum atomic E-state index is 12.4. The Bertz CT molecular complexity index is 413. The second-order valence-corrected chi connectivity index (χ2v) is 5.78. The minimum atomic E-state index is 0.0561. The third kappa shape index (κ3) is 4.32. The van der Waals surface area contributed by atoms with Crippen molar-refractivity contribution in [2.75, 3.05) is 33.7 Å². The van der Waals surface area contributed by atoms with Crippen molar-refractivity contribution in [3.8, 4) is 0 Å². The highest BCUT2D eigenvalue weighted by molar-refractivity contribution is 5.79. The molecule has 0 spiro atoms. The molecule has 4 nitrogen and oxygen atoms in total. The fourth-order valence-corrected chi connectivity index (χ4v) is 2.65. The zero-order valence-corrected chi connectivity index (χ0v) is 12.4. The molecule has 1 fully saturated rings. The van der Waals surface area contributed by atoms with Crippen LogP contribution in [0.15, 0.2) is 30.3 Å². The first-order chi connectivity index (χ1) is 9.66. The monoisotopic (exact) mass is 275 g/mol. The SMILES string of the molecule is CN(C)CC(NC(=O)C1CCCNC1)c1ccccc1. The Kier molecular flexibility index (Phi) is 5.56. The molecule has 1 aromatic carbocycles. The van der Waals surface area contributed by atoms with Crippen LogP contribution >= 0.6 is 0 Å². The van der Waals surface area contributed by atoms with Gasteiger partial charge in [0.25, 0.3) is 0 Å². The van der Waals surface area contributed by atoms with Gasteiger partial charge in [-0.05, 0) is 39.0 Å². The molecule has 0 bridgehead atoms. The molecule has 0 radical (unpaired) electrons. The number of piperidine rings is 1. The summed E-state index contributed by atoms with van der Waals surface area (Å²) in [5, 5.41) is 6.51. The fourth-order valence-electron chi connectivity index (χ4n) is 2.65. The van der Waals surface area contributed by atoms with E-state index in [9.17, 15) is 4.79 Å². The molecule has 2 unspecified atom stereocenters. The summed E-state index contributed by atoms with van der Waals surface area (Å²) in [5.41, 5.74) is 1.17. The van der Waals surface area contributed by atoms with Crippen molar-refractivity contribution < 1.29 is 4.79 Å². The molecule has 0 saturated carbocycles. The van der Waals surface area contributed by atoms with Crippen molar-refractivity contribution in [3.63, 3.8) is 0 Å². The quantitative estimate of drug-likeness (QED) is 0.854. The van der Waals surface area contributed by atoms with E-state index in [0.717, 1.165) is 32.5 Å². The number of carbonyl (C=O) groups excluding carboxylic acids is 1. The van der Waals surface area contributed by atoms with Crippen LogP contribution < -0.4 is 10.6 Å². The van der Waals surface area contributed by atoms with Crippen molar-refractivity contribution >= 4 is 5.91 Å². The number of amides is 1. The largest absolute Gasteiger partial charge is 0.348 e. The topological polar surface area (TPSA) is 44.4 Å². The predicted octanol–water partition coefficient (Wildman–Crippen LogP) is 1.41. The van der Waals surface area contributed by atoms with Crippen molar-refractivity contribution in [1.29, 1.82) is 0 Å². The van der Waals surface area contributed by atoms with E-state index in [4.69, 9.17) is 0 Å². The van der Waals surface area contributed by atoms with E-state index in [-0.39, 0.29) is 17.9 Å². The lowest BCUT2D eigenvalue weighted by Gasteiger charge is -2.27. The molecule has 1 aliphatic rings. The average Bonchev–Trinajstić information content (AvgIpc) is 2.48. The maximum absolute atomic E-state index is 12.4. The molecule has 2 rings (SSSR count). The molecule has 0 aromatic heterocycles. The molecule has 1 aromatic rings. The molecule has 1 aliphatic heterocycles. The minimum Gasteiger partial charge on any atom is -0.348 e. The summed E-state index contributed by atoms with van der Waals surface area (Å²) in [6.45, 7) is 2.65. The van der Waals surface area contributed by atoms with E-state index in [0.29, 0.717) is 0 Å². The summed E-state index contributed by atoms with van der Waals surface area (Å²) in [5.74, 6) is 0.282. The zero-order chi connectivity index (χ0) is 14.4. The number of nitrogens with one attached hydrogen (secondary N) is 2. The highest BCUT2D eigenvalue weighted by Gasteiger charge is 2.24. The normalized spacial score (nSPS) is 20.6. The standard InChI is InChI=1S/C16H25N3O/c1-19(2)12-15(13-7-4-3-5-8-13)18-16(20)14-9-6-10-17-11-14/h3-5,7-8,14-15,17H,6,9-12H2,1-2H3,(H,18,20). The second kappa shape index (κ2) is 7.41. The van der Waals surface area contributed by atoms with E-state index in [1.807, 2.05) is 32.3 Å². The molecule has 2 N–H and O–H groups in total. The Hall–Kier alpha value is -1.39. The van der Waals surface area contributed by atoms with Gasteiger partial charge in [0.1, 0.15) is 0 Å². The van der Waals surface area contributed by atoms with Crippen LogP contribution in [0.5, 0.6) is 0 Å². The summed E-state index contributed by atoms with van der Waals surface area (Å²) in [6, 6.07) is 10.3. The number of hydrogen-bond donors (Lipinski definition) is 2. The summed E-state index contributed by atoms with van der Waals surface area (Å²) in [6.07, 6.45) is 2.07. The summed E-state index contributed by atoms with van der Waals surface area (Å²) < 4.78 is 0. The second-order valence-electron chi connectivity index (χ2n) is 5.78. The third-order valence-electron chi connectivity index (χ3n) is 3.73. The van der Waals surface area contributed by atoms with E-state index < -0.39 is 0 Å². The Morgan fingerprint density at radius 1 is 1.40 bits per heavy atom. The lowest BCUT2D eigenvalue weighted by atomic mass is 9.97. The highest BCUT2D eigenvalue weighted by Crippen LogP contribution is 2.16. The molecule has 2 atom stereocenters. The van der Waals surface area contributed by atoms with E-state index >= 15 is 0 Å². The number of hydrogen-bond acceptors (Lipinski definition) is 3. The van der Waals surface area contributed by atoms with Crippen molar-refractivity contribution in [2.45, 2.75) is 18.9 Å². The lowest BCUT2D eigenvalue weighted by Crippen LogP contribution is -2.43. The first kappa shape index (κ1) is 15.0. The average molecular weight is 275 g/mol. The lowest BCUT2D eigenvalue weighted by molar-refractivity contribution is -0.126. The molecule has 0 aliphatic carbocycles. The van der Waals surface area contributed by atoms with E-state index in [2.05, 4.69) is 27.7 Å². The van der Waals surface area contributed by atoms with Crippen LogP contribution in [0.1, 0.15) is 24.4 Å². The van der Waals surface area contributed by atoms with Gasteiger partial charge in [-0.25, -0.2) is 0 Å². The number of carbonyl (C=O) groups is 1. The summed E-state index contributed by atoms with van der Waals surface area (Å²) in [4.78, 5) is 14.5. The number of rotatable bonds is 5. The first-order valence-corrected chi connectivity index (χ1v) is 7.37. The third-order valence-corrected chi connectivity index (χ3v) is 3.73. The molecule has 1 heterocycles. The molecule has 1 saturated heterocycles. The molecular weight excluding hydrogens is 250 g/mol. The molecule has 110 valence electrons. The number of likely N-dealkylation sites (N-methyl/N-ethyl adjacent to an activating group) is 1. The Morgan fingerprint density at radius 3 is 2.75 bits per heavy atom. The minimum absolute atomic E-state index is 0.0561. The van der Waals surface area contributed by atoms with Gasteiger partial charge < -0.3 is 15.5 Å². The van der Waals surface area contributed by atoms with Gasteiger partial charge in [0.05, 0.1) is 12.0 Å². The molecule has 20 heavy (non-hydrogen) atoms. The van der Waals surface area contributed by atoms with Crippen molar-refractivity contribution in [2.24, 2.45) is 5.92 Å². The van der Waals surface area contributed by atoms with E-state index in [1.165, 1.54) is 5.56 Å². The molecular formula is C16H25N3O. The Balaban J connectivity index is 2.01.